The monoisotopic (exact) mass is 584 g/mol. The molecule has 2 atom stereocenters. The van der Waals surface area contributed by atoms with E-state index in [1.807, 2.05) is 0 Å². The van der Waals surface area contributed by atoms with Crippen LogP contribution in [0.25, 0.3) is 11.1 Å². The van der Waals surface area contributed by atoms with E-state index in [1.54, 1.807) is 13.8 Å². The Morgan fingerprint density at radius 1 is 0.821 bits per heavy atom. The normalized spacial score (nSPS) is 14.3. The standard InChI is InChI=1S/C24H26F6N2O6S/c1-13(2)9-20(22(35)36)32-19(21(33)34)7-8-31-39(37,38)18-5-3-14(4-6-18)15-10-16(23(25,26)27)12-17(11-15)24(28,29)30/h3-6,10-13,19-20,31-32H,7-9H2,1-2H3,(H,33,34)(H,35,36). The van der Waals surface area contributed by atoms with Crippen LogP contribution in [0.1, 0.15) is 37.8 Å². The Morgan fingerprint density at radius 2 is 1.31 bits per heavy atom. The van der Waals surface area contributed by atoms with Crippen molar-refractivity contribution in [3.05, 3.63) is 53.6 Å². The Kier molecular flexibility index (Phi) is 10.1. The third kappa shape index (κ3) is 9.21. The molecule has 8 nitrogen and oxygen atoms in total. The van der Waals surface area contributed by atoms with Crippen LogP contribution in [0.4, 0.5) is 26.3 Å². The zero-order valence-electron chi connectivity index (χ0n) is 20.6. The van der Waals surface area contributed by atoms with Gasteiger partial charge in [-0.2, -0.15) is 26.3 Å². The number of carboxylic acids is 2. The number of carbonyl (C=O) groups is 2. The minimum absolute atomic E-state index is 0.0208. The van der Waals surface area contributed by atoms with Crippen LogP contribution in [0.15, 0.2) is 47.4 Å². The number of rotatable bonds is 12. The van der Waals surface area contributed by atoms with E-state index >= 15 is 0 Å². The molecule has 0 radical (unpaired) electrons. The van der Waals surface area contributed by atoms with Gasteiger partial charge in [-0.05, 0) is 60.2 Å². The molecule has 0 spiro atoms. The van der Waals surface area contributed by atoms with Crippen LogP contribution in [-0.2, 0) is 32.0 Å². The maximum atomic E-state index is 13.1. The summed E-state index contributed by atoms with van der Waals surface area (Å²) in [5.74, 6) is -2.72. The number of carboxylic acid groups (broad SMARTS) is 2. The maximum Gasteiger partial charge on any atom is 0.416 e. The fraction of sp³-hybridized carbons (Fsp3) is 0.417. The molecule has 0 heterocycles. The third-order valence-electron chi connectivity index (χ3n) is 5.52. The van der Waals surface area contributed by atoms with Crippen LogP contribution in [0.3, 0.4) is 0 Å². The van der Waals surface area contributed by atoms with E-state index in [4.69, 9.17) is 0 Å². The van der Waals surface area contributed by atoms with E-state index in [9.17, 15) is 54.6 Å². The van der Waals surface area contributed by atoms with Gasteiger partial charge in [0.15, 0.2) is 0 Å². The first-order valence-corrected chi connectivity index (χ1v) is 12.9. The molecule has 0 aliphatic rings. The molecule has 0 saturated carbocycles. The number of aliphatic carboxylic acids is 2. The second-order valence-corrected chi connectivity index (χ2v) is 10.9. The lowest BCUT2D eigenvalue weighted by molar-refractivity contribution is -0.144. The zero-order chi connectivity index (χ0) is 29.8. The van der Waals surface area contributed by atoms with Gasteiger partial charge < -0.3 is 10.2 Å². The molecule has 4 N–H and O–H groups in total. The summed E-state index contributed by atoms with van der Waals surface area (Å²) in [6.07, 6.45) is -10.3. The minimum Gasteiger partial charge on any atom is -0.480 e. The van der Waals surface area contributed by atoms with Gasteiger partial charge in [-0.3, -0.25) is 14.9 Å². The van der Waals surface area contributed by atoms with Crippen molar-refractivity contribution in [2.75, 3.05) is 6.54 Å². The fourth-order valence-corrected chi connectivity index (χ4v) is 4.65. The predicted molar refractivity (Wildman–Crippen MR) is 127 cm³/mol. The Morgan fingerprint density at radius 3 is 1.72 bits per heavy atom. The molecule has 2 rings (SSSR count). The molecule has 0 fully saturated rings. The van der Waals surface area contributed by atoms with Crippen molar-refractivity contribution in [2.24, 2.45) is 5.92 Å². The van der Waals surface area contributed by atoms with Gasteiger partial charge in [-0.15, -0.1) is 0 Å². The topological polar surface area (TPSA) is 133 Å². The quantitative estimate of drug-likeness (QED) is 0.268. The molecule has 2 aromatic rings. The summed E-state index contributed by atoms with van der Waals surface area (Å²) in [6.45, 7) is 3.08. The van der Waals surface area contributed by atoms with Crippen molar-refractivity contribution in [1.29, 1.82) is 0 Å². The van der Waals surface area contributed by atoms with Crippen molar-refractivity contribution >= 4 is 22.0 Å². The molecule has 15 heteroatoms. The van der Waals surface area contributed by atoms with E-state index in [0.717, 1.165) is 24.3 Å². The summed E-state index contributed by atoms with van der Waals surface area (Å²) in [6, 6.07) is 2.46. The van der Waals surface area contributed by atoms with Crippen molar-refractivity contribution < 1.29 is 54.6 Å². The lowest BCUT2D eigenvalue weighted by Crippen LogP contribution is -2.48. The van der Waals surface area contributed by atoms with Crippen molar-refractivity contribution in [3.63, 3.8) is 0 Å². The van der Waals surface area contributed by atoms with Gasteiger partial charge in [0, 0.05) is 6.54 Å². The molecular weight excluding hydrogens is 558 g/mol. The molecule has 2 unspecified atom stereocenters. The van der Waals surface area contributed by atoms with E-state index in [-0.39, 0.29) is 35.3 Å². The highest BCUT2D eigenvalue weighted by atomic mass is 32.2. The molecule has 0 aliphatic heterocycles. The molecule has 0 amide bonds. The summed E-state index contributed by atoms with van der Waals surface area (Å²) in [7, 11) is -4.25. The summed E-state index contributed by atoms with van der Waals surface area (Å²) in [5, 5.41) is 21.2. The number of nitrogens with one attached hydrogen (secondary N) is 2. The first-order chi connectivity index (χ1) is 17.8. The third-order valence-corrected chi connectivity index (χ3v) is 6.99. The summed E-state index contributed by atoms with van der Waals surface area (Å²) < 4.78 is 106. The second kappa shape index (κ2) is 12.3. The van der Waals surface area contributed by atoms with Crippen molar-refractivity contribution in [3.8, 4) is 11.1 Å². The predicted octanol–water partition coefficient (Wildman–Crippen LogP) is 4.60. The highest BCUT2D eigenvalue weighted by molar-refractivity contribution is 7.89. The lowest BCUT2D eigenvalue weighted by atomic mass is 9.99. The molecule has 0 bridgehead atoms. The second-order valence-electron chi connectivity index (χ2n) is 9.08. The van der Waals surface area contributed by atoms with Gasteiger partial charge in [0.1, 0.15) is 12.1 Å². The van der Waals surface area contributed by atoms with Gasteiger partial charge >= 0.3 is 24.3 Å². The average molecular weight is 585 g/mol. The summed E-state index contributed by atoms with van der Waals surface area (Å²) >= 11 is 0. The first-order valence-electron chi connectivity index (χ1n) is 11.4. The van der Waals surface area contributed by atoms with Crippen LogP contribution in [0.2, 0.25) is 0 Å². The summed E-state index contributed by atoms with van der Waals surface area (Å²) in [4.78, 5) is 22.6. The van der Waals surface area contributed by atoms with Crippen LogP contribution in [-0.4, -0.2) is 49.2 Å². The number of hydrogen-bond acceptors (Lipinski definition) is 5. The molecule has 0 aliphatic carbocycles. The first kappa shape index (κ1) is 32.0. The highest BCUT2D eigenvalue weighted by Gasteiger charge is 2.37. The molecule has 216 valence electrons. The fourth-order valence-electron chi connectivity index (χ4n) is 3.60. The lowest BCUT2D eigenvalue weighted by Gasteiger charge is -2.21. The van der Waals surface area contributed by atoms with E-state index in [0.29, 0.717) is 12.1 Å². The zero-order valence-corrected chi connectivity index (χ0v) is 21.4. The average Bonchev–Trinajstić information content (AvgIpc) is 2.81. The van der Waals surface area contributed by atoms with E-state index in [1.165, 1.54) is 0 Å². The van der Waals surface area contributed by atoms with Gasteiger partial charge in [0.2, 0.25) is 10.0 Å². The van der Waals surface area contributed by atoms with Crippen LogP contribution >= 0.6 is 0 Å². The van der Waals surface area contributed by atoms with Gasteiger partial charge in [0.05, 0.1) is 16.0 Å². The Labute approximate surface area is 220 Å². The molecule has 0 aromatic heterocycles. The Bertz CT molecular complexity index is 1250. The minimum atomic E-state index is -5.05. The van der Waals surface area contributed by atoms with Gasteiger partial charge in [0.25, 0.3) is 0 Å². The Balaban J connectivity index is 2.19. The smallest absolute Gasteiger partial charge is 0.416 e. The molecule has 0 saturated heterocycles. The number of halogens is 6. The maximum absolute atomic E-state index is 13.1. The van der Waals surface area contributed by atoms with Crippen LogP contribution < -0.4 is 10.0 Å². The molecule has 39 heavy (non-hydrogen) atoms. The number of hydrogen-bond donors (Lipinski definition) is 4. The van der Waals surface area contributed by atoms with Crippen molar-refractivity contribution in [1.82, 2.24) is 10.0 Å². The molecular formula is C24H26F6N2O6S. The molecule has 2 aromatic carbocycles. The Hall–Kier alpha value is -3.17. The van der Waals surface area contributed by atoms with Gasteiger partial charge in [-0.25, -0.2) is 13.1 Å². The largest absolute Gasteiger partial charge is 0.480 e. The number of benzene rings is 2. The van der Waals surface area contributed by atoms with Gasteiger partial charge in [-0.1, -0.05) is 26.0 Å². The van der Waals surface area contributed by atoms with E-state index in [2.05, 4.69) is 10.0 Å². The number of sulfonamides is 1. The number of alkyl halides is 6. The highest BCUT2D eigenvalue weighted by Crippen LogP contribution is 2.38. The van der Waals surface area contributed by atoms with Crippen molar-refractivity contribution in [2.45, 2.75) is 56.0 Å². The summed E-state index contributed by atoms with van der Waals surface area (Å²) in [5.41, 5.74) is -3.58. The SMILES string of the molecule is CC(C)CC(NC(CCNS(=O)(=O)c1ccc(-c2cc(C(F)(F)F)cc(C(F)(F)F)c2)cc1)C(=O)O)C(=O)O. The van der Waals surface area contributed by atoms with E-state index < -0.39 is 69.6 Å². The van der Waals surface area contributed by atoms with Crippen LogP contribution in [0.5, 0.6) is 0 Å². The van der Waals surface area contributed by atoms with Crippen LogP contribution in [0, 0.1) is 5.92 Å².